The minimum Gasteiger partial charge on any atom is -0.508 e. The smallest absolute Gasteiger partial charge is 0.115 e. The van der Waals surface area contributed by atoms with Crippen molar-refractivity contribution in [3.8, 4) is 5.75 Å². The lowest BCUT2D eigenvalue weighted by molar-refractivity contribution is 0.475. The zero-order valence-corrected chi connectivity index (χ0v) is 8.89. The molecule has 0 unspecified atom stereocenters. The van der Waals surface area contributed by atoms with Gasteiger partial charge >= 0.3 is 0 Å². The van der Waals surface area contributed by atoms with Crippen molar-refractivity contribution >= 4 is 11.8 Å². The Morgan fingerprint density at radius 1 is 1.29 bits per heavy atom. The molecule has 0 saturated heterocycles. The summed E-state index contributed by atoms with van der Waals surface area (Å²) in [6, 6.07) is 7.36. The van der Waals surface area contributed by atoms with Gasteiger partial charge in [0.15, 0.2) is 0 Å². The Morgan fingerprint density at radius 3 is 2.43 bits per heavy atom. The van der Waals surface area contributed by atoms with Crippen LogP contribution in [-0.2, 0) is 0 Å². The average molecular weight is 209 g/mol. The summed E-state index contributed by atoms with van der Waals surface area (Å²) >= 11 is 1.83. The first-order valence-electron chi connectivity index (χ1n) is 4.86. The summed E-state index contributed by atoms with van der Waals surface area (Å²) in [4.78, 5) is 1.21. The van der Waals surface area contributed by atoms with Crippen LogP contribution in [0.3, 0.4) is 0 Å². The highest BCUT2D eigenvalue weighted by atomic mass is 32.2. The van der Waals surface area contributed by atoms with E-state index in [0.717, 1.165) is 12.3 Å². The maximum Gasteiger partial charge on any atom is 0.115 e. The van der Waals surface area contributed by atoms with Gasteiger partial charge in [0.1, 0.15) is 5.75 Å². The average Bonchev–Trinajstić information content (AvgIpc) is 2.98. The van der Waals surface area contributed by atoms with Gasteiger partial charge in [0.2, 0.25) is 0 Å². The maximum atomic E-state index is 9.11. The molecule has 0 bridgehead atoms. The predicted octanol–water partition coefficient (Wildman–Crippen LogP) is 2.22. The van der Waals surface area contributed by atoms with Crippen LogP contribution in [0, 0.1) is 5.41 Å². The fourth-order valence-corrected chi connectivity index (χ4v) is 2.57. The third-order valence-corrected chi connectivity index (χ3v) is 4.13. The predicted molar refractivity (Wildman–Crippen MR) is 59.6 cm³/mol. The molecule has 1 aliphatic carbocycles. The van der Waals surface area contributed by atoms with Gasteiger partial charge in [-0.25, -0.2) is 0 Å². The summed E-state index contributed by atoms with van der Waals surface area (Å²) in [6.07, 6.45) is 2.54. The van der Waals surface area contributed by atoms with Gasteiger partial charge < -0.3 is 10.8 Å². The largest absolute Gasteiger partial charge is 0.508 e. The van der Waals surface area contributed by atoms with Crippen molar-refractivity contribution in [1.29, 1.82) is 0 Å². The fraction of sp³-hybridized carbons (Fsp3) is 0.455. The number of thioether (sulfide) groups is 1. The summed E-state index contributed by atoms with van der Waals surface area (Å²) in [6.45, 7) is 0.804. The Balaban J connectivity index is 1.89. The first kappa shape index (κ1) is 9.87. The number of benzene rings is 1. The Kier molecular flexibility index (Phi) is 2.70. The van der Waals surface area contributed by atoms with Crippen LogP contribution in [0.4, 0.5) is 0 Å². The first-order valence-corrected chi connectivity index (χ1v) is 5.85. The van der Waals surface area contributed by atoms with Crippen LogP contribution in [-0.4, -0.2) is 17.4 Å². The Hall–Kier alpha value is -0.670. The van der Waals surface area contributed by atoms with Crippen LogP contribution in [0.15, 0.2) is 29.2 Å². The Morgan fingerprint density at radius 2 is 1.93 bits per heavy atom. The van der Waals surface area contributed by atoms with Crippen molar-refractivity contribution in [1.82, 2.24) is 0 Å². The van der Waals surface area contributed by atoms with E-state index in [1.807, 2.05) is 23.9 Å². The zero-order valence-electron chi connectivity index (χ0n) is 8.07. The minimum absolute atomic E-state index is 0.328. The molecule has 3 heteroatoms. The maximum absolute atomic E-state index is 9.11. The molecule has 0 amide bonds. The van der Waals surface area contributed by atoms with Crippen LogP contribution in [0.25, 0.3) is 0 Å². The normalized spacial score (nSPS) is 18.1. The molecule has 1 fully saturated rings. The molecule has 3 N–H and O–H groups in total. The van der Waals surface area contributed by atoms with E-state index in [-0.39, 0.29) is 0 Å². The third kappa shape index (κ3) is 2.22. The number of hydrogen-bond donors (Lipinski definition) is 2. The molecule has 0 aliphatic heterocycles. The van der Waals surface area contributed by atoms with Crippen molar-refractivity contribution in [3.05, 3.63) is 24.3 Å². The molecule has 1 aromatic carbocycles. The second kappa shape index (κ2) is 3.83. The summed E-state index contributed by atoms with van der Waals surface area (Å²) in [5.74, 6) is 1.43. The Bertz CT molecular complexity index is 306. The quantitative estimate of drug-likeness (QED) is 0.747. The van der Waals surface area contributed by atoms with Gasteiger partial charge in [-0.05, 0) is 49.1 Å². The van der Waals surface area contributed by atoms with Gasteiger partial charge in [0.25, 0.3) is 0 Å². The molecule has 1 saturated carbocycles. The second-order valence-electron chi connectivity index (χ2n) is 3.99. The van der Waals surface area contributed by atoms with Crippen molar-refractivity contribution in [2.24, 2.45) is 11.1 Å². The molecule has 1 aromatic rings. The van der Waals surface area contributed by atoms with Crippen molar-refractivity contribution < 1.29 is 5.11 Å². The number of phenols is 1. The SMILES string of the molecule is NCC1(CSc2ccc(O)cc2)CC1. The van der Waals surface area contributed by atoms with Crippen LogP contribution in [0.2, 0.25) is 0 Å². The second-order valence-corrected chi connectivity index (χ2v) is 5.04. The van der Waals surface area contributed by atoms with Gasteiger partial charge in [0, 0.05) is 10.6 Å². The van der Waals surface area contributed by atoms with Crippen LogP contribution >= 0.6 is 11.8 Å². The molecule has 14 heavy (non-hydrogen) atoms. The van der Waals surface area contributed by atoms with Gasteiger partial charge in [0.05, 0.1) is 0 Å². The molecular formula is C11H15NOS. The van der Waals surface area contributed by atoms with Gasteiger partial charge in [-0.1, -0.05) is 0 Å². The number of nitrogens with two attached hydrogens (primary N) is 1. The molecule has 0 spiro atoms. The minimum atomic E-state index is 0.328. The topological polar surface area (TPSA) is 46.2 Å². The van der Waals surface area contributed by atoms with Crippen molar-refractivity contribution in [3.63, 3.8) is 0 Å². The molecular weight excluding hydrogens is 194 g/mol. The molecule has 1 aliphatic rings. The highest BCUT2D eigenvalue weighted by molar-refractivity contribution is 7.99. The molecule has 2 nitrogen and oxygen atoms in total. The monoisotopic (exact) mass is 209 g/mol. The summed E-state index contributed by atoms with van der Waals surface area (Å²) in [5, 5.41) is 9.11. The fourth-order valence-electron chi connectivity index (χ4n) is 1.36. The first-order chi connectivity index (χ1) is 6.74. The molecule has 0 aromatic heterocycles. The molecule has 2 rings (SSSR count). The van der Waals surface area contributed by atoms with Gasteiger partial charge in [-0.15, -0.1) is 11.8 Å². The number of phenolic OH excluding ortho intramolecular Hbond substituents is 1. The van der Waals surface area contributed by atoms with E-state index in [0.29, 0.717) is 11.2 Å². The van der Waals surface area contributed by atoms with Crippen LogP contribution in [0.1, 0.15) is 12.8 Å². The lowest BCUT2D eigenvalue weighted by Crippen LogP contribution is -2.17. The van der Waals surface area contributed by atoms with Crippen molar-refractivity contribution in [2.45, 2.75) is 17.7 Å². The summed E-state index contributed by atoms with van der Waals surface area (Å²) in [7, 11) is 0. The van der Waals surface area contributed by atoms with E-state index in [1.165, 1.54) is 17.7 Å². The Labute approximate surface area is 88.5 Å². The molecule has 0 atom stereocenters. The standard InChI is InChI=1S/C11H15NOS/c12-7-11(5-6-11)8-14-10-3-1-9(13)2-4-10/h1-4,13H,5-8,12H2. The zero-order chi connectivity index (χ0) is 10.0. The number of aromatic hydroxyl groups is 1. The van der Waals surface area contributed by atoms with E-state index in [1.54, 1.807) is 12.1 Å². The number of hydrogen-bond acceptors (Lipinski definition) is 3. The van der Waals surface area contributed by atoms with Gasteiger partial charge in [-0.3, -0.25) is 0 Å². The number of rotatable bonds is 4. The van der Waals surface area contributed by atoms with E-state index in [2.05, 4.69) is 0 Å². The highest BCUT2D eigenvalue weighted by Crippen LogP contribution is 2.48. The van der Waals surface area contributed by atoms with Gasteiger partial charge in [-0.2, -0.15) is 0 Å². The van der Waals surface area contributed by atoms with E-state index < -0.39 is 0 Å². The van der Waals surface area contributed by atoms with Crippen LogP contribution < -0.4 is 5.73 Å². The highest BCUT2D eigenvalue weighted by Gasteiger charge is 2.40. The lowest BCUT2D eigenvalue weighted by Gasteiger charge is -2.10. The third-order valence-electron chi connectivity index (χ3n) is 2.77. The summed E-state index contributed by atoms with van der Waals surface area (Å²) in [5.41, 5.74) is 6.12. The van der Waals surface area contributed by atoms with E-state index in [4.69, 9.17) is 10.8 Å². The van der Waals surface area contributed by atoms with Crippen LogP contribution in [0.5, 0.6) is 5.75 Å². The molecule has 0 radical (unpaired) electrons. The van der Waals surface area contributed by atoms with Crippen molar-refractivity contribution in [2.75, 3.05) is 12.3 Å². The van der Waals surface area contributed by atoms with E-state index >= 15 is 0 Å². The van der Waals surface area contributed by atoms with E-state index in [9.17, 15) is 0 Å². The summed E-state index contributed by atoms with van der Waals surface area (Å²) < 4.78 is 0. The molecule has 76 valence electrons. The lowest BCUT2D eigenvalue weighted by atomic mass is 10.1. The molecule has 0 heterocycles.